The van der Waals surface area contributed by atoms with Crippen LogP contribution in [0.15, 0.2) is 39.9 Å². The molecule has 6 nitrogen and oxygen atoms in total. The van der Waals surface area contributed by atoms with Crippen molar-refractivity contribution in [2.24, 2.45) is 5.10 Å². The van der Waals surface area contributed by atoms with Crippen molar-refractivity contribution in [1.82, 2.24) is 5.43 Å². The van der Waals surface area contributed by atoms with Gasteiger partial charge in [0.15, 0.2) is 11.5 Å². The fourth-order valence-electron chi connectivity index (χ4n) is 2.18. The van der Waals surface area contributed by atoms with Crippen LogP contribution in [0.3, 0.4) is 0 Å². The molecule has 0 unspecified atom stereocenters. The van der Waals surface area contributed by atoms with E-state index in [1.165, 1.54) is 7.11 Å². The monoisotopic (exact) mass is 532 g/mol. The molecule has 2 aromatic rings. The van der Waals surface area contributed by atoms with Crippen molar-refractivity contribution in [3.63, 3.8) is 0 Å². The van der Waals surface area contributed by atoms with Gasteiger partial charge in [-0.05, 0) is 65.4 Å². The van der Waals surface area contributed by atoms with Crippen LogP contribution in [0.4, 0.5) is 0 Å². The van der Waals surface area contributed by atoms with Gasteiger partial charge in [-0.3, -0.25) is 4.79 Å². The molecule has 1 N–H and O–H groups in total. The highest BCUT2D eigenvalue weighted by molar-refractivity contribution is 14.1. The van der Waals surface area contributed by atoms with Crippen molar-refractivity contribution in [1.29, 1.82) is 0 Å². The Morgan fingerprint density at radius 2 is 1.96 bits per heavy atom. The lowest BCUT2D eigenvalue weighted by atomic mass is 10.2. The van der Waals surface area contributed by atoms with E-state index in [-0.39, 0.29) is 5.91 Å². The molecule has 0 aliphatic rings. The van der Waals surface area contributed by atoms with Crippen molar-refractivity contribution in [2.45, 2.75) is 6.92 Å². The number of nitrogens with zero attached hydrogens (tertiary/aromatic N) is 1. The van der Waals surface area contributed by atoms with Crippen molar-refractivity contribution >= 4 is 50.6 Å². The number of methoxy groups -OCH3 is 2. The van der Waals surface area contributed by atoms with E-state index in [9.17, 15) is 4.79 Å². The molecule has 26 heavy (non-hydrogen) atoms. The van der Waals surface area contributed by atoms with Crippen LogP contribution in [-0.4, -0.2) is 32.9 Å². The second-order valence-corrected chi connectivity index (χ2v) is 7.09. The molecule has 0 atom stereocenters. The Kier molecular flexibility index (Phi) is 7.70. The van der Waals surface area contributed by atoms with Crippen molar-refractivity contribution in [3.8, 4) is 17.2 Å². The summed E-state index contributed by atoms with van der Waals surface area (Å²) >= 11 is 5.51. The molecular formula is C18H18BrIN2O4. The molecule has 8 heteroatoms. The molecular weight excluding hydrogens is 515 g/mol. The van der Waals surface area contributed by atoms with E-state index in [0.717, 1.165) is 13.6 Å². The molecule has 0 saturated carbocycles. The summed E-state index contributed by atoms with van der Waals surface area (Å²) in [4.78, 5) is 12.3. The van der Waals surface area contributed by atoms with Crippen LogP contribution in [0.2, 0.25) is 0 Å². The fraction of sp³-hybridized carbons (Fsp3) is 0.222. The number of hydrazone groups is 1. The van der Waals surface area contributed by atoms with E-state index in [0.29, 0.717) is 29.4 Å². The first kappa shape index (κ1) is 20.5. The Bertz CT molecular complexity index is 827. The Morgan fingerprint density at radius 1 is 1.23 bits per heavy atom. The molecule has 2 rings (SSSR count). The highest BCUT2D eigenvalue weighted by Gasteiger charge is 2.13. The minimum Gasteiger partial charge on any atom is -0.496 e. The maximum Gasteiger partial charge on any atom is 0.275 e. The molecule has 1 amide bonds. The topological polar surface area (TPSA) is 69.2 Å². The van der Waals surface area contributed by atoms with E-state index in [2.05, 4.69) is 49.0 Å². The van der Waals surface area contributed by atoms with Crippen molar-refractivity contribution in [2.75, 3.05) is 20.8 Å². The zero-order chi connectivity index (χ0) is 19.1. The highest BCUT2D eigenvalue weighted by atomic mass is 127. The largest absolute Gasteiger partial charge is 0.496 e. The summed E-state index contributed by atoms with van der Waals surface area (Å²) in [5, 5.41) is 4.02. The maximum absolute atomic E-state index is 12.3. The highest BCUT2D eigenvalue weighted by Crippen LogP contribution is 2.33. The van der Waals surface area contributed by atoms with Gasteiger partial charge in [-0.1, -0.05) is 15.9 Å². The maximum atomic E-state index is 12.3. The van der Waals surface area contributed by atoms with Gasteiger partial charge in [-0.15, -0.1) is 0 Å². The van der Waals surface area contributed by atoms with Gasteiger partial charge in [0, 0.05) is 4.47 Å². The SMILES string of the molecule is CCOc1c(I)cc(/C=N\NC(=O)c2cc(Br)ccc2OC)cc1OC. The third kappa shape index (κ3) is 5.10. The number of carbonyl (C=O) groups is 1. The molecule has 0 spiro atoms. The lowest BCUT2D eigenvalue weighted by molar-refractivity contribution is 0.0952. The number of nitrogens with one attached hydrogen (secondary N) is 1. The first-order valence-corrected chi connectivity index (χ1v) is 9.54. The van der Waals surface area contributed by atoms with Crippen LogP contribution in [0.25, 0.3) is 0 Å². The number of hydrogen-bond donors (Lipinski definition) is 1. The number of amides is 1. The Hall–Kier alpha value is -1.81. The molecule has 0 heterocycles. The van der Waals surface area contributed by atoms with Gasteiger partial charge >= 0.3 is 0 Å². The first-order chi connectivity index (χ1) is 12.5. The van der Waals surface area contributed by atoms with E-state index in [1.54, 1.807) is 37.6 Å². The minimum absolute atomic E-state index is 0.369. The summed E-state index contributed by atoms with van der Waals surface area (Å²) in [6, 6.07) is 8.87. The molecule has 0 bridgehead atoms. The number of hydrogen-bond acceptors (Lipinski definition) is 5. The summed E-state index contributed by atoms with van der Waals surface area (Å²) in [5.74, 6) is 1.40. The molecule has 138 valence electrons. The molecule has 0 aliphatic heterocycles. The van der Waals surface area contributed by atoms with Gasteiger partial charge in [0.25, 0.3) is 5.91 Å². The lowest BCUT2D eigenvalue weighted by Crippen LogP contribution is -2.18. The Morgan fingerprint density at radius 3 is 2.62 bits per heavy atom. The normalized spacial score (nSPS) is 10.7. The quantitative estimate of drug-likeness (QED) is 0.329. The van der Waals surface area contributed by atoms with E-state index >= 15 is 0 Å². The lowest BCUT2D eigenvalue weighted by Gasteiger charge is -2.12. The molecule has 0 saturated heterocycles. The minimum atomic E-state index is -0.369. The van der Waals surface area contributed by atoms with E-state index in [1.807, 2.05) is 13.0 Å². The van der Waals surface area contributed by atoms with Gasteiger partial charge in [0.05, 0.1) is 36.2 Å². The van der Waals surface area contributed by atoms with Gasteiger partial charge in [-0.2, -0.15) is 5.10 Å². The van der Waals surface area contributed by atoms with Crippen LogP contribution in [0, 0.1) is 3.57 Å². The van der Waals surface area contributed by atoms with Gasteiger partial charge < -0.3 is 14.2 Å². The third-order valence-corrected chi connectivity index (χ3v) is 4.62. The summed E-state index contributed by atoms with van der Waals surface area (Å²) in [6.07, 6.45) is 1.54. The van der Waals surface area contributed by atoms with Crippen LogP contribution < -0.4 is 19.6 Å². The van der Waals surface area contributed by atoms with E-state index < -0.39 is 0 Å². The zero-order valence-corrected chi connectivity index (χ0v) is 18.3. The van der Waals surface area contributed by atoms with Crippen LogP contribution in [-0.2, 0) is 0 Å². The number of halogens is 2. The van der Waals surface area contributed by atoms with Crippen LogP contribution in [0.1, 0.15) is 22.8 Å². The third-order valence-electron chi connectivity index (χ3n) is 3.33. The standard InChI is InChI=1S/C18H18BrIN2O4/c1-4-26-17-14(20)7-11(8-16(17)25-3)10-21-22-18(23)13-9-12(19)5-6-15(13)24-2/h5-10H,4H2,1-3H3,(H,22,23)/b21-10-. The van der Waals surface area contributed by atoms with Crippen LogP contribution in [0.5, 0.6) is 17.2 Å². The van der Waals surface area contributed by atoms with Gasteiger partial charge in [-0.25, -0.2) is 5.43 Å². The summed E-state index contributed by atoms with van der Waals surface area (Å²) in [6.45, 7) is 2.46. The second-order valence-electron chi connectivity index (χ2n) is 5.01. The van der Waals surface area contributed by atoms with Crippen molar-refractivity contribution in [3.05, 3.63) is 49.5 Å². The molecule has 0 aliphatic carbocycles. The molecule has 0 radical (unpaired) electrons. The first-order valence-electron chi connectivity index (χ1n) is 7.67. The van der Waals surface area contributed by atoms with Crippen molar-refractivity contribution < 1.29 is 19.0 Å². The average Bonchev–Trinajstić information content (AvgIpc) is 2.63. The number of ether oxygens (including phenoxy) is 3. The number of benzene rings is 2. The predicted molar refractivity (Wildman–Crippen MR) is 113 cm³/mol. The molecule has 0 fully saturated rings. The predicted octanol–water partition coefficient (Wildman–Crippen LogP) is 4.23. The number of rotatable bonds is 7. The summed E-state index contributed by atoms with van der Waals surface area (Å²) < 4.78 is 17.8. The fourth-order valence-corrected chi connectivity index (χ4v) is 3.32. The van der Waals surface area contributed by atoms with E-state index in [4.69, 9.17) is 14.2 Å². The summed E-state index contributed by atoms with van der Waals surface area (Å²) in [5.41, 5.74) is 3.66. The van der Waals surface area contributed by atoms with Gasteiger partial charge in [0.1, 0.15) is 5.75 Å². The number of carbonyl (C=O) groups excluding carboxylic acids is 1. The van der Waals surface area contributed by atoms with Gasteiger partial charge in [0.2, 0.25) is 0 Å². The Labute approximate surface area is 174 Å². The van der Waals surface area contributed by atoms with Crippen LogP contribution >= 0.6 is 38.5 Å². The molecule has 2 aromatic carbocycles. The smallest absolute Gasteiger partial charge is 0.275 e. The Balaban J connectivity index is 2.17. The zero-order valence-electron chi connectivity index (χ0n) is 14.5. The molecule has 0 aromatic heterocycles. The average molecular weight is 533 g/mol. The second kappa shape index (κ2) is 9.77. The summed E-state index contributed by atoms with van der Waals surface area (Å²) in [7, 11) is 3.09.